The number of hydrogen-bond acceptors (Lipinski definition) is 6. The van der Waals surface area contributed by atoms with Gasteiger partial charge in [0.15, 0.2) is 0 Å². The molecule has 1 saturated heterocycles. The third kappa shape index (κ3) is 6.42. The maximum Gasteiger partial charge on any atom is 0.244 e. The number of nitrogens with one attached hydrogen (secondary N) is 1. The van der Waals surface area contributed by atoms with Crippen molar-refractivity contribution < 1.29 is 17.9 Å². The second-order valence-corrected chi connectivity index (χ2v) is 9.73. The van der Waals surface area contributed by atoms with E-state index in [9.17, 15) is 13.2 Å². The zero-order valence-electron chi connectivity index (χ0n) is 15.7. The van der Waals surface area contributed by atoms with Gasteiger partial charge in [-0.05, 0) is 36.2 Å². The summed E-state index contributed by atoms with van der Waals surface area (Å²) in [6.45, 7) is 2.01. The van der Waals surface area contributed by atoms with Crippen LogP contribution in [-0.2, 0) is 26.0 Å². The first kappa shape index (κ1) is 22.0. The van der Waals surface area contributed by atoms with Crippen LogP contribution >= 0.6 is 23.4 Å². The Balaban J connectivity index is 1.44. The number of sulfonamides is 1. The molecular weight excluding hydrogens is 434 g/mol. The number of thioether (sulfide) groups is 1. The zero-order valence-corrected chi connectivity index (χ0v) is 18.1. The van der Waals surface area contributed by atoms with Crippen molar-refractivity contribution in [3.8, 4) is 0 Å². The first-order valence-electron chi connectivity index (χ1n) is 9.13. The van der Waals surface area contributed by atoms with Gasteiger partial charge in [-0.1, -0.05) is 35.5 Å². The van der Waals surface area contributed by atoms with Gasteiger partial charge in [-0.2, -0.15) is 4.31 Å². The molecule has 156 valence electrons. The lowest BCUT2D eigenvalue weighted by molar-refractivity contribution is -0.118. The lowest BCUT2D eigenvalue weighted by Gasteiger charge is -2.25. The first-order valence-corrected chi connectivity index (χ1v) is 11.9. The monoisotopic (exact) mass is 455 g/mol. The fraction of sp³-hybridized carbons (Fsp3) is 0.368. The molecule has 0 aliphatic carbocycles. The molecule has 2 heterocycles. The van der Waals surface area contributed by atoms with E-state index in [2.05, 4.69) is 10.3 Å². The van der Waals surface area contributed by atoms with E-state index in [4.69, 9.17) is 16.3 Å². The number of nitrogens with zero attached hydrogens (tertiary/aromatic N) is 2. The average molecular weight is 456 g/mol. The highest BCUT2D eigenvalue weighted by molar-refractivity contribution is 7.99. The van der Waals surface area contributed by atoms with Crippen molar-refractivity contribution >= 4 is 39.3 Å². The Labute approximate surface area is 179 Å². The molecule has 0 bridgehead atoms. The molecule has 0 saturated carbocycles. The van der Waals surface area contributed by atoms with Crippen LogP contribution in [0.2, 0.25) is 5.02 Å². The van der Waals surface area contributed by atoms with Crippen molar-refractivity contribution in [2.75, 3.05) is 38.6 Å². The highest BCUT2D eigenvalue weighted by atomic mass is 35.5. The van der Waals surface area contributed by atoms with E-state index < -0.39 is 10.0 Å². The molecule has 0 radical (unpaired) electrons. The third-order valence-corrected chi connectivity index (χ3v) is 7.40. The molecule has 1 aliphatic heterocycles. The van der Waals surface area contributed by atoms with E-state index in [1.165, 1.54) is 28.3 Å². The number of carbonyl (C=O) groups is 1. The average Bonchev–Trinajstić information content (AvgIpc) is 2.74. The molecule has 3 rings (SSSR count). The van der Waals surface area contributed by atoms with Crippen molar-refractivity contribution in [1.29, 1.82) is 0 Å². The molecule has 7 nitrogen and oxygen atoms in total. The summed E-state index contributed by atoms with van der Waals surface area (Å²) in [4.78, 5) is 16.3. The van der Waals surface area contributed by atoms with E-state index in [1.807, 2.05) is 24.3 Å². The van der Waals surface area contributed by atoms with E-state index in [1.54, 1.807) is 6.07 Å². The van der Waals surface area contributed by atoms with Crippen LogP contribution in [0.5, 0.6) is 0 Å². The Kier molecular flexibility index (Phi) is 7.91. The summed E-state index contributed by atoms with van der Waals surface area (Å²) in [6, 6.07) is 10.7. The van der Waals surface area contributed by atoms with Gasteiger partial charge in [0.25, 0.3) is 0 Å². The van der Waals surface area contributed by atoms with Crippen molar-refractivity contribution in [2.45, 2.75) is 16.3 Å². The maximum absolute atomic E-state index is 12.6. The molecule has 29 heavy (non-hydrogen) atoms. The Hall–Kier alpha value is -1.65. The number of carbonyl (C=O) groups excluding carboxylic acids is 1. The SMILES string of the molecule is O=C(CSc1ccc(S(=O)(=O)N2CCOCC2)cn1)NCCc1ccc(Cl)cc1. The maximum atomic E-state index is 12.6. The number of morpholine rings is 1. The zero-order chi connectivity index (χ0) is 20.7. The minimum Gasteiger partial charge on any atom is -0.379 e. The molecular formula is C19H22ClN3O4S2. The van der Waals surface area contributed by atoms with Gasteiger partial charge in [-0.3, -0.25) is 4.79 Å². The smallest absolute Gasteiger partial charge is 0.244 e. The van der Waals surface area contributed by atoms with E-state index in [0.29, 0.717) is 42.9 Å². The normalized spacial score (nSPS) is 15.2. The molecule has 1 N–H and O–H groups in total. The molecule has 0 atom stereocenters. The van der Waals surface area contributed by atoms with Gasteiger partial charge in [0, 0.05) is 30.9 Å². The highest BCUT2D eigenvalue weighted by Crippen LogP contribution is 2.20. The summed E-state index contributed by atoms with van der Waals surface area (Å²) in [6.07, 6.45) is 2.06. The number of aromatic nitrogens is 1. The minimum absolute atomic E-state index is 0.101. The van der Waals surface area contributed by atoms with Crippen LogP contribution < -0.4 is 5.32 Å². The third-order valence-electron chi connectivity index (χ3n) is 4.32. The predicted octanol–water partition coefficient (Wildman–Crippen LogP) is 2.21. The standard InChI is InChI=1S/C19H22ClN3O4S2/c20-16-3-1-15(2-4-16)7-8-21-18(24)14-28-19-6-5-17(13-22-19)29(25,26)23-9-11-27-12-10-23/h1-6,13H,7-12,14H2,(H,21,24). The van der Waals surface area contributed by atoms with Crippen LogP contribution in [0.1, 0.15) is 5.56 Å². The summed E-state index contributed by atoms with van der Waals surface area (Å²) < 4.78 is 31.7. The van der Waals surface area contributed by atoms with E-state index in [-0.39, 0.29) is 16.6 Å². The van der Waals surface area contributed by atoms with Crippen LogP contribution in [0.15, 0.2) is 52.5 Å². The lowest BCUT2D eigenvalue weighted by Crippen LogP contribution is -2.40. The summed E-state index contributed by atoms with van der Waals surface area (Å²) >= 11 is 7.11. The lowest BCUT2D eigenvalue weighted by atomic mass is 10.1. The number of rotatable bonds is 8. The molecule has 2 aromatic rings. The van der Waals surface area contributed by atoms with Crippen molar-refractivity contribution in [1.82, 2.24) is 14.6 Å². The van der Waals surface area contributed by atoms with Crippen LogP contribution in [0.3, 0.4) is 0 Å². The molecule has 1 aromatic heterocycles. The molecule has 0 spiro atoms. The molecule has 1 amide bonds. The molecule has 1 fully saturated rings. The largest absolute Gasteiger partial charge is 0.379 e. The van der Waals surface area contributed by atoms with Crippen LogP contribution in [0.25, 0.3) is 0 Å². The Morgan fingerprint density at radius 3 is 2.55 bits per heavy atom. The second-order valence-electron chi connectivity index (χ2n) is 6.36. The van der Waals surface area contributed by atoms with Gasteiger partial charge in [0.2, 0.25) is 15.9 Å². The quantitative estimate of drug-likeness (QED) is 0.614. The van der Waals surface area contributed by atoms with Crippen LogP contribution in [0, 0.1) is 0 Å². The van der Waals surface area contributed by atoms with Gasteiger partial charge < -0.3 is 10.1 Å². The van der Waals surface area contributed by atoms with Gasteiger partial charge in [0.1, 0.15) is 4.90 Å². The first-order chi connectivity index (χ1) is 13.9. The van der Waals surface area contributed by atoms with Gasteiger partial charge >= 0.3 is 0 Å². The molecule has 1 aliphatic rings. The summed E-state index contributed by atoms with van der Waals surface area (Å²) in [5, 5.41) is 4.14. The Bertz CT molecular complexity index is 915. The number of ether oxygens (including phenoxy) is 1. The van der Waals surface area contributed by atoms with Crippen molar-refractivity contribution in [3.05, 3.63) is 53.2 Å². The summed E-state index contributed by atoms with van der Waals surface area (Å²) in [5.41, 5.74) is 1.10. The number of halogens is 1. The summed E-state index contributed by atoms with van der Waals surface area (Å²) in [7, 11) is -3.56. The van der Waals surface area contributed by atoms with Gasteiger partial charge in [-0.15, -0.1) is 0 Å². The highest BCUT2D eigenvalue weighted by Gasteiger charge is 2.26. The molecule has 1 aromatic carbocycles. The van der Waals surface area contributed by atoms with Crippen molar-refractivity contribution in [3.63, 3.8) is 0 Å². The Morgan fingerprint density at radius 2 is 1.90 bits per heavy atom. The number of pyridine rings is 1. The minimum atomic E-state index is -3.56. The number of amides is 1. The van der Waals surface area contributed by atoms with E-state index >= 15 is 0 Å². The van der Waals surface area contributed by atoms with Crippen LogP contribution in [0.4, 0.5) is 0 Å². The van der Waals surface area contributed by atoms with Gasteiger partial charge in [0.05, 0.1) is 24.0 Å². The number of benzene rings is 1. The fourth-order valence-electron chi connectivity index (χ4n) is 2.73. The Morgan fingerprint density at radius 1 is 1.17 bits per heavy atom. The molecule has 0 unspecified atom stereocenters. The number of hydrogen-bond donors (Lipinski definition) is 1. The topological polar surface area (TPSA) is 88.6 Å². The van der Waals surface area contributed by atoms with Crippen molar-refractivity contribution in [2.24, 2.45) is 0 Å². The van der Waals surface area contributed by atoms with Crippen LogP contribution in [-0.4, -0.2) is 62.2 Å². The summed E-state index contributed by atoms with van der Waals surface area (Å²) in [5.74, 6) is 0.110. The van der Waals surface area contributed by atoms with Gasteiger partial charge in [-0.25, -0.2) is 13.4 Å². The predicted molar refractivity (Wildman–Crippen MR) is 113 cm³/mol. The second kappa shape index (κ2) is 10.4. The van der Waals surface area contributed by atoms with E-state index in [0.717, 1.165) is 12.0 Å². The molecule has 10 heteroatoms. The fourth-order valence-corrected chi connectivity index (χ4v) is 4.88.